The third-order valence-corrected chi connectivity index (χ3v) is 6.76. The third-order valence-electron chi connectivity index (χ3n) is 5.02. The van der Waals surface area contributed by atoms with Crippen molar-refractivity contribution in [3.05, 3.63) is 82.1 Å². The highest BCUT2D eigenvalue weighted by molar-refractivity contribution is 7.89. The average Bonchev–Trinajstić information content (AvgIpc) is 3.36. The molecule has 7 nitrogen and oxygen atoms in total. The van der Waals surface area contributed by atoms with E-state index >= 15 is 0 Å². The molecular formula is C22H16F3N3O4S2. The van der Waals surface area contributed by atoms with Crippen molar-refractivity contribution in [3.8, 4) is 0 Å². The minimum Gasteiger partial charge on any atom is -0.370 e. The largest absolute Gasteiger partial charge is 0.416 e. The van der Waals surface area contributed by atoms with Crippen LogP contribution in [0.5, 0.6) is 0 Å². The number of carbonyl (C=O) groups excluding carboxylic acids is 2. The van der Waals surface area contributed by atoms with Gasteiger partial charge in [0, 0.05) is 10.6 Å². The molecule has 1 atom stereocenters. The molecule has 0 aliphatic carbocycles. The van der Waals surface area contributed by atoms with E-state index in [1.54, 1.807) is 17.5 Å². The Kier molecular flexibility index (Phi) is 6.06. The number of hydrogen-bond donors (Lipinski definition) is 2. The number of nitrogens with one attached hydrogen (secondary N) is 1. The normalized spacial score (nSPS) is 18.1. The number of thiophene rings is 1. The average molecular weight is 508 g/mol. The Labute approximate surface area is 196 Å². The molecule has 2 amide bonds. The van der Waals surface area contributed by atoms with Gasteiger partial charge in [-0.3, -0.25) is 9.59 Å². The minimum absolute atomic E-state index is 0.00560. The lowest BCUT2D eigenvalue weighted by molar-refractivity contribution is -0.137. The highest BCUT2D eigenvalue weighted by Crippen LogP contribution is 2.34. The molecular weight excluding hydrogens is 491 g/mol. The van der Waals surface area contributed by atoms with E-state index in [1.807, 2.05) is 0 Å². The quantitative estimate of drug-likeness (QED) is 0.403. The highest BCUT2D eigenvalue weighted by atomic mass is 32.2. The first kappa shape index (κ1) is 23.7. The van der Waals surface area contributed by atoms with Crippen molar-refractivity contribution in [3.63, 3.8) is 0 Å². The highest BCUT2D eigenvalue weighted by Gasteiger charge is 2.44. The van der Waals surface area contributed by atoms with Crippen molar-refractivity contribution < 1.29 is 31.2 Å². The van der Waals surface area contributed by atoms with Crippen molar-refractivity contribution >= 4 is 50.6 Å². The number of halogens is 3. The molecule has 176 valence electrons. The predicted molar refractivity (Wildman–Crippen MR) is 121 cm³/mol. The molecule has 1 aliphatic rings. The zero-order valence-corrected chi connectivity index (χ0v) is 18.7. The van der Waals surface area contributed by atoms with E-state index in [-0.39, 0.29) is 16.2 Å². The smallest absolute Gasteiger partial charge is 0.370 e. The maximum absolute atomic E-state index is 13.2. The van der Waals surface area contributed by atoms with Crippen LogP contribution in [0.25, 0.3) is 6.08 Å². The van der Waals surface area contributed by atoms with Crippen LogP contribution in [0.15, 0.2) is 76.5 Å². The molecule has 3 N–H and O–H groups in total. The molecule has 1 fully saturated rings. The van der Waals surface area contributed by atoms with Gasteiger partial charge in [-0.2, -0.15) is 13.2 Å². The first-order chi connectivity index (χ1) is 15.9. The Morgan fingerprint density at radius 3 is 2.18 bits per heavy atom. The second kappa shape index (κ2) is 8.70. The molecule has 2 aromatic carbocycles. The molecule has 0 saturated carbocycles. The number of sulfonamides is 1. The van der Waals surface area contributed by atoms with E-state index in [2.05, 4.69) is 5.32 Å². The van der Waals surface area contributed by atoms with Crippen molar-refractivity contribution in [1.29, 1.82) is 0 Å². The number of imide groups is 1. The monoisotopic (exact) mass is 507 g/mol. The maximum atomic E-state index is 13.2. The number of nitrogens with zero attached hydrogens (tertiary/aromatic N) is 1. The standard InChI is InChI=1S/C22H16F3N3O4S2/c23-22(24,25)13-3-7-15(8-4-13)28-20(29)18(12-16-2-1-11-33-16)19(21(28)30)27-14-5-9-17(10-6-14)34(26,31)32/h1-12,19,27H,(H2,26,31,32). The molecule has 0 spiro atoms. The number of primary sulfonamides is 1. The van der Waals surface area contributed by atoms with Crippen molar-refractivity contribution in [2.45, 2.75) is 17.1 Å². The fraction of sp³-hybridized carbons (Fsp3) is 0.0909. The van der Waals surface area contributed by atoms with Crippen LogP contribution in [0.4, 0.5) is 24.5 Å². The molecule has 34 heavy (non-hydrogen) atoms. The molecule has 1 unspecified atom stereocenters. The SMILES string of the molecule is NS(=O)(=O)c1ccc(NC2C(=O)N(c3ccc(C(F)(F)F)cc3)C(=O)C2=Cc2cccs2)cc1. The van der Waals surface area contributed by atoms with Crippen molar-refractivity contribution in [2.24, 2.45) is 5.14 Å². The van der Waals surface area contributed by atoms with Crippen LogP contribution in [0.3, 0.4) is 0 Å². The lowest BCUT2D eigenvalue weighted by atomic mass is 10.1. The first-order valence-electron chi connectivity index (χ1n) is 9.65. The summed E-state index contributed by atoms with van der Waals surface area (Å²) in [5.74, 6) is -1.38. The van der Waals surface area contributed by atoms with E-state index in [0.717, 1.165) is 29.2 Å². The number of nitrogens with two attached hydrogens (primary N) is 1. The number of hydrogen-bond acceptors (Lipinski definition) is 6. The van der Waals surface area contributed by atoms with Crippen LogP contribution in [0, 0.1) is 0 Å². The predicted octanol–water partition coefficient (Wildman–Crippen LogP) is 3.85. The third kappa shape index (κ3) is 4.74. The Morgan fingerprint density at radius 2 is 1.65 bits per heavy atom. The van der Waals surface area contributed by atoms with Crippen LogP contribution >= 0.6 is 11.3 Å². The zero-order chi connectivity index (χ0) is 24.7. The number of carbonyl (C=O) groups is 2. The van der Waals surface area contributed by atoms with Gasteiger partial charge in [-0.1, -0.05) is 6.07 Å². The first-order valence-corrected chi connectivity index (χ1v) is 12.1. The van der Waals surface area contributed by atoms with Crippen LogP contribution in [0.2, 0.25) is 0 Å². The number of alkyl halides is 3. The minimum atomic E-state index is -4.56. The topological polar surface area (TPSA) is 110 Å². The molecule has 4 rings (SSSR count). The summed E-state index contributed by atoms with van der Waals surface area (Å²) in [5, 5.41) is 9.79. The van der Waals surface area contributed by atoms with E-state index in [4.69, 9.17) is 5.14 Å². The molecule has 1 aliphatic heterocycles. The van der Waals surface area contributed by atoms with E-state index in [9.17, 15) is 31.2 Å². The van der Waals surface area contributed by atoms with E-state index < -0.39 is 39.6 Å². The second-order valence-corrected chi connectivity index (χ2v) is 9.83. The number of anilines is 2. The Balaban J connectivity index is 1.70. The Hall–Kier alpha value is -3.48. The zero-order valence-electron chi connectivity index (χ0n) is 17.1. The number of amides is 2. The van der Waals surface area contributed by atoms with Crippen LogP contribution in [0.1, 0.15) is 10.4 Å². The molecule has 1 aromatic heterocycles. The summed E-state index contributed by atoms with van der Waals surface area (Å²) in [6.07, 6.45) is -3.03. The number of rotatable bonds is 5. The lowest BCUT2D eigenvalue weighted by Crippen LogP contribution is -2.34. The molecule has 0 radical (unpaired) electrons. The van der Waals surface area contributed by atoms with Gasteiger partial charge in [0.25, 0.3) is 11.8 Å². The van der Waals surface area contributed by atoms with Crippen molar-refractivity contribution in [2.75, 3.05) is 10.2 Å². The summed E-state index contributed by atoms with van der Waals surface area (Å²) in [5.41, 5.74) is -0.490. The van der Waals surface area contributed by atoms with Gasteiger partial charge in [-0.25, -0.2) is 18.5 Å². The van der Waals surface area contributed by atoms with Crippen LogP contribution < -0.4 is 15.4 Å². The Morgan fingerprint density at radius 1 is 1.00 bits per heavy atom. The molecule has 1 saturated heterocycles. The van der Waals surface area contributed by atoms with Gasteiger partial charge in [0.05, 0.1) is 21.7 Å². The fourth-order valence-electron chi connectivity index (χ4n) is 3.38. The van der Waals surface area contributed by atoms with Crippen molar-refractivity contribution in [1.82, 2.24) is 0 Å². The van der Waals surface area contributed by atoms with Gasteiger partial charge in [0.1, 0.15) is 6.04 Å². The molecule has 3 aromatic rings. The van der Waals surface area contributed by atoms with Gasteiger partial charge < -0.3 is 5.32 Å². The summed E-state index contributed by atoms with van der Waals surface area (Å²) < 4.78 is 61.7. The number of benzene rings is 2. The van der Waals surface area contributed by atoms with Gasteiger partial charge in [0.15, 0.2) is 0 Å². The summed E-state index contributed by atoms with van der Waals surface area (Å²) in [4.78, 5) is 27.8. The maximum Gasteiger partial charge on any atom is 0.416 e. The van der Waals surface area contributed by atoms with E-state index in [1.165, 1.54) is 41.7 Å². The van der Waals surface area contributed by atoms with Gasteiger partial charge in [-0.05, 0) is 66.1 Å². The molecule has 2 heterocycles. The summed E-state index contributed by atoms with van der Waals surface area (Å²) in [6, 6.07) is 11.3. The fourth-order valence-corrected chi connectivity index (χ4v) is 4.56. The second-order valence-electron chi connectivity index (χ2n) is 7.29. The molecule has 12 heteroatoms. The Bertz CT molecular complexity index is 1370. The summed E-state index contributed by atoms with van der Waals surface area (Å²) in [6.45, 7) is 0. The van der Waals surface area contributed by atoms with Crippen LogP contribution in [-0.2, 0) is 25.8 Å². The molecule has 0 bridgehead atoms. The van der Waals surface area contributed by atoms with Gasteiger partial charge in [0.2, 0.25) is 10.0 Å². The summed E-state index contributed by atoms with van der Waals surface area (Å²) >= 11 is 1.34. The summed E-state index contributed by atoms with van der Waals surface area (Å²) in [7, 11) is -3.92. The lowest BCUT2D eigenvalue weighted by Gasteiger charge is -2.16. The van der Waals surface area contributed by atoms with Crippen LogP contribution in [-0.4, -0.2) is 26.3 Å². The van der Waals surface area contributed by atoms with Gasteiger partial charge in [-0.15, -0.1) is 11.3 Å². The van der Waals surface area contributed by atoms with Gasteiger partial charge >= 0.3 is 6.18 Å². The van der Waals surface area contributed by atoms with E-state index in [0.29, 0.717) is 10.6 Å².